The SMILES string of the molecule is CCc1c(Br)oc2c1C(=O)CCC2(C)C. The van der Waals surface area contributed by atoms with Gasteiger partial charge < -0.3 is 4.42 Å². The van der Waals surface area contributed by atoms with Crippen molar-refractivity contribution >= 4 is 21.7 Å². The average Bonchev–Trinajstić information content (AvgIpc) is 2.51. The van der Waals surface area contributed by atoms with E-state index in [1.54, 1.807) is 0 Å². The lowest BCUT2D eigenvalue weighted by molar-refractivity contribution is 0.0948. The average molecular weight is 271 g/mol. The summed E-state index contributed by atoms with van der Waals surface area (Å²) in [6, 6.07) is 0. The summed E-state index contributed by atoms with van der Waals surface area (Å²) < 4.78 is 6.44. The van der Waals surface area contributed by atoms with E-state index in [-0.39, 0.29) is 11.2 Å². The maximum Gasteiger partial charge on any atom is 0.173 e. The van der Waals surface area contributed by atoms with Crippen LogP contribution in [0, 0.1) is 0 Å². The summed E-state index contributed by atoms with van der Waals surface area (Å²) in [5.41, 5.74) is 1.85. The molecule has 0 spiro atoms. The van der Waals surface area contributed by atoms with E-state index in [4.69, 9.17) is 4.42 Å². The quantitative estimate of drug-likeness (QED) is 0.776. The molecule has 0 bridgehead atoms. The van der Waals surface area contributed by atoms with Gasteiger partial charge in [0.25, 0.3) is 0 Å². The van der Waals surface area contributed by atoms with Gasteiger partial charge in [-0.25, -0.2) is 0 Å². The fourth-order valence-corrected chi connectivity index (χ4v) is 2.83. The molecule has 0 amide bonds. The molecule has 0 unspecified atom stereocenters. The van der Waals surface area contributed by atoms with Gasteiger partial charge in [0.05, 0.1) is 5.56 Å². The number of ketones is 1. The first kappa shape index (κ1) is 10.9. The van der Waals surface area contributed by atoms with E-state index in [9.17, 15) is 4.79 Å². The van der Waals surface area contributed by atoms with E-state index in [2.05, 4.69) is 29.8 Å². The van der Waals surface area contributed by atoms with E-state index < -0.39 is 0 Å². The van der Waals surface area contributed by atoms with Crippen LogP contribution in [0.1, 0.15) is 55.3 Å². The van der Waals surface area contributed by atoms with E-state index in [1.807, 2.05) is 6.92 Å². The lowest BCUT2D eigenvalue weighted by atomic mass is 9.76. The maximum atomic E-state index is 11.9. The molecule has 0 saturated carbocycles. The summed E-state index contributed by atoms with van der Waals surface area (Å²) in [7, 11) is 0. The highest BCUT2D eigenvalue weighted by Gasteiger charge is 2.38. The van der Waals surface area contributed by atoms with Crippen molar-refractivity contribution < 1.29 is 9.21 Å². The van der Waals surface area contributed by atoms with Gasteiger partial charge in [0, 0.05) is 17.4 Å². The second-order valence-electron chi connectivity index (χ2n) is 4.72. The minimum Gasteiger partial charge on any atom is -0.453 e. The van der Waals surface area contributed by atoms with Gasteiger partial charge in [0.15, 0.2) is 10.5 Å². The van der Waals surface area contributed by atoms with Crippen molar-refractivity contribution in [3.63, 3.8) is 0 Å². The van der Waals surface area contributed by atoms with Crippen LogP contribution in [0.4, 0.5) is 0 Å². The summed E-state index contributed by atoms with van der Waals surface area (Å²) in [4.78, 5) is 11.9. The Balaban J connectivity index is 2.67. The van der Waals surface area contributed by atoms with Crippen LogP contribution in [0.25, 0.3) is 0 Å². The molecule has 1 aromatic heterocycles. The second-order valence-corrected chi connectivity index (χ2v) is 5.44. The monoisotopic (exact) mass is 270 g/mol. The number of rotatable bonds is 1. The third-order valence-corrected chi connectivity index (χ3v) is 3.82. The van der Waals surface area contributed by atoms with Crippen molar-refractivity contribution in [1.29, 1.82) is 0 Å². The van der Waals surface area contributed by atoms with Crippen LogP contribution in [0.5, 0.6) is 0 Å². The molecule has 0 saturated heterocycles. The molecule has 1 heterocycles. The highest BCUT2D eigenvalue weighted by atomic mass is 79.9. The van der Waals surface area contributed by atoms with E-state index in [0.29, 0.717) is 6.42 Å². The first-order valence-electron chi connectivity index (χ1n) is 5.32. The summed E-state index contributed by atoms with van der Waals surface area (Å²) in [5, 5.41) is 0. The van der Waals surface area contributed by atoms with Gasteiger partial charge in [-0.05, 0) is 28.8 Å². The molecule has 1 aromatic rings. The Morgan fingerprint density at radius 1 is 1.47 bits per heavy atom. The summed E-state index contributed by atoms with van der Waals surface area (Å²) in [6.45, 7) is 6.31. The normalized spacial score (nSPS) is 19.1. The lowest BCUT2D eigenvalue weighted by Gasteiger charge is -2.27. The molecular weight excluding hydrogens is 256 g/mol. The van der Waals surface area contributed by atoms with Crippen LogP contribution in [-0.2, 0) is 11.8 Å². The smallest absolute Gasteiger partial charge is 0.173 e. The zero-order valence-corrected chi connectivity index (χ0v) is 10.9. The van der Waals surface area contributed by atoms with E-state index in [1.165, 1.54) is 0 Å². The molecule has 2 rings (SSSR count). The summed E-state index contributed by atoms with van der Waals surface area (Å²) in [6.07, 6.45) is 2.35. The zero-order valence-electron chi connectivity index (χ0n) is 9.32. The standard InChI is InChI=1S/C12H15BrO2/c1-4-7-9-8(14)5-6-12(2,3)10(9)15-11(7)13/h4-6H2,1-3H3. The Labute approximate surface area is 98.2 Å². The highest BCUT2D eigenvalue weighted by Crippen LogP contribution is 2.42. The number of furan rings is 1. The maximum absolute atomic E-state index is 11.9. The Morgan fingerprint density at radius 2 is 2.13 bits per heavy atom. The largest absolute Gasteiger partial charge is 0.453 e. The molecule has 0 aliphatic heterocycles. The molecule has 0 aromatic carbocycles. The number of carbonyl (C=O) groups excluding carboxylic acids is 1. The van der Waals surface area contributed by atoms with Gasteiger partial charge in [0.2, 0.25) is 0 Å². The van der Waals surface area contributed by atoms with Gasteiger partial charge in [-0.15, -0.1) is 0 Å². The van der Waals surface area contributed by atoms with Crippen molar-refractivity contribution in [2.75, 3.05) is 0 Å². The Morgan fingerprint density at radius 3 is 2.73 bits per heavy atom. The molecule has 82 valence electrons. The van der Waals surface area contributed by atoms with Crippen LogP contribution in [-0.4, -0.2) is 5.78 Å². The highest BCUT2D eigenvalue weighted by molar-refractivity contribution is 9.10. The zero-order chi connectivity index (χ0) is 11.2. The van der Waals surface area contributed by atoms with Crippen molar-refractivity contribution in [1.82, 2.24) is 0 Å². The molecule has 3 heteroatoms. The topological polar surface area (TPSA) is 30.2 Å². The molecule has 0 N–H and O–H groups in total. The second kappa shape index (κ2) is 3.48. The molecular formula is C12H15BrO2. The van der Waals surface area contributed by atoms with Crippen molar-refractivity contribution in [3.05, 3.63) is 21.6 Å². The predicted molar refractivity (Wildman–Crippen MR) is 62.4 cm³/mol. The van der Waals surface area contributed by atoms with Crippen LogP contribution >= 0.6 is 15.9 Å². The first-order chi connectivity index (χ1) is 6.97. The number of carbonyl (C=O) groups is 1. The minimum absolute atomic E-state index is 0.0147. The molecule has 0 atom stereocenters. The summed E-state index contributed by atoms with van der Waals surface area (Å²) >= 11 is 3.40. The fraction of sp³-hybridized carbons (Fsp3) is 0.583. The predicted octanol–water partition coefficient (Wildman–Crippen LogP) is 3.86. The number of halogens is 1. The van der Waals surface area contributed by atoms with Crippen molar-refractivity contribution in [2.45, 2.75) is 45.4 Å². The van der Waals surface area contributed by atoms with Crippen LogP contribution in [0.2, 0.25) is 0 Å². The van der Waals surface area contributed by atoms with Gasteiger partial charge in [-0.1, -0.05) is 20.8 Å². The molecule has 0 fully saturated rings. The minimum atomic E-state index is -0.0147. The summed E-state index contributed by atoms with van der Waals surface area (Å²) in [5.74, 6) is 1.10. The number of fused-ring (bicyclic) bond motifs is 1. The lowest BCUT2D eigenvalue weighted by Crippen LogP contribution is -2.26. The van der Waals surface area contributed by atoms with Gasteiger partial charge in [0.1, 0.15) is 5.76 Å². The molecule has 2 nitrogen and oxygen atoms in total. The van der Waals surface area contributed by atoms with Crippen LogP contribution in [0.15, 0.2) is 9.09 Å². The molecule has 0 radical (unpaired) electrons. The van der Waals surface area contributed by atoms with Gasteiger partial charge in [-0.3, -0.25) is 4.79 Å². The Hall–Kier alpha value is -0.570. The molecule has 1 aliphatic carbocycles. The van der Waals surface area contributed by atoms with Crippen molar-refractivity contribution in [2.24, 2.45) is 0 Å². The molecule has 15 heavy (non-hydrogen) atoms. The van der Waals surface area contributed by atoms with Crippen molar-refractivity contribution in [3.8, 4) is 0 Å². The fourth-order valence-electron chi connectivity index (χ4n) is 2.19. The van der Waals surface area contributed by atoms with E-state index >= 15 is 0 Å². The van der Waals surface area contributed by atoms with E-state index in [0.717, 1.165) is 34.4 Å². The number of Topliss-reactive ketones (excluding diaryl/α,β-unsaturated/α-hetero) is 1. The Kier molecular flexibility index (Phi) is 2.53. The third-order valence-electron chi connectivity index (χ3n) is 3.18. The van der Waals surface area contributed by atoms with Gasteiger partial charge >= 0.3 is 0 Å². The van der Waals surface area contributed by atoms with Crippen LogP contribution < -0.4 is 0 Å². The first-order valence-corrected chi connectivity index (χ1v) is 6.11. The Bertz CT molecular complexity index is 416. The molecule has 1 aliphatic rings. The van der Waals surface area contributed by atoms with Crippen LogP contribution in [0.3, 0.4) is 0 Å². The van der Waals surface area contributed by atoms with Gasteiger partial charge in [-0.2, -0.15) is 0 Å². The number of hydrogen-bond donors (Lipinski definition) is 0. The third kappa shape index (κ3) is 1.57. The number of hydrogen-bond acceptors (Lipinski definition) is 2.